The lowest BCUT2D eigenvalue weighted by Gasteiger charge is -2.03. The number of carbonyl (C=O) groups is 2. The summed E-state index contributed by atoms with van der Waals surface area (Å²) >= 11 is 0. The van der Waals surface area contributed by atoms with E-state index in [0.29, 0.717) is 6.54 Å². The van der Waals surface area contributed by atoms with Crippen molar-refractivity contribution in [2.75, 3.05) is 6.54 Å². The molecule has 58 valence electrons. The number of hydrogen-bond acceptors (Lipinski definition) is 3. The number of hydrogen-bond donors (Lipinski definition) is 1. The highest BCUT2D eigenvalue weighted by Crippen LogP contribution is 1.97. The van der Waals surface area contributed by atoms with Crippen molar-refractivity contribution in [3.05, 3.63) is 0 Å². The van der Waals surface area contributed by atoms with E-state index < -0.39 is 0 Å². The summed E-state index contributed by atoms with van der Waals surface area (Å²) in [5, 5.41) is 0. The Labute approximate surface area is 60.6 Å². The van der Waals surface area contributed by atoms with Gasteiger partial charge in [0.05, 0.1) is 6.42 Å². The van der Waals surface area contributed by atoms with Crippen LogP contribution >= 0.6 is 0 Å². The van der Waals surface area contributed by atoms with E-state index in [4.69, 9.17) is 5.73 Å². The zero-order chi connectivity index (χ0) is 8.15. The topological polar surface area (TPSA) is 60.2 Å². The third kappa shape index (κ3) is 3.35. The van der Waals surface area contributed by atoms with Gasteiger partial charge in [0.15, 0.2) is 0 Å². The molecule has 0 bridgehead atoms. The van der Waals surface area contributed by atoms with E-state index in [9.17, 15) is 9.59 Å². The molecule has 0 aliphatic carbocycles. The minimum atomic E-state index is -0.177. The SMILES string of the molecule is CC(=O)CC(=O)C(C)CN. The molecule has 0 aliphatic rings. The first-order chi connectivity index (χ1) is 4.57. The van der Waals surface area contributed by atoms with E-state index in [-0.39, 0.29) is 23.9 Å². The minimum Gasteiger partial charge on any atom is -0.330 e. The number of rotatable bonds is 4. The summed E-state index contributed by atoms with van der Waals surface area (Å²) in [5.41, 5.74) is 5.22. The second kappa shape index (κ2) is 4.17. The fourth-order valence-corrected chi connectivity index (χ4v) is 0.551. The van der Waals surface area contributed by atoms with Gasteiger partial charge in [-0.25, -0.2) is 0 Å². The normalized spacial score (nSPS) is 12.7. The van der Waals surface area contributed by atoms with Gasteiger partial charge < -0.3 is 5.73 Å². The second-order valence-electron chi connectivity index (χ2n) is 2.48. The molecule has 0 saturated heterocycles. The first-order valence-electron chi connectivity index (χ1n) is 3.30. The quantitative estimate of drug-likeness (QED) is 0.569. The van der Waals surface area contributed by atoms with Crippen molar-refractivity contribution in [2.45, 2.75) is 20.3 Å². The standard InChI is InChI=1S/C7H13NO2/c1-5(4-8)7(10)3-6(2)9/h5H,3-4,8H2,1-2H3. The van der Waals surface area contributed by atoms with Crippen molar-refractivity contribution >= 4 is 11.6 Å². The maximum atomic E-state index is 10.9. The van der Waals surface area contributed by atoms with Gasteiger partial charge in [-0.05, 0) is 6.92 Å². The molecule has 3 heteroatoms. The van der Waals surface area contributed by atoms with Gasteiger partial charge in [-0.15, -0.1) is 0 Å². The van der Waals surface area contributed by atoms with Gasteiger partial charge in [0, 0.05) is 12.5 Å². The summed E-state index contributed by atoms with van der Waals surface area (Å²) in [6.45, 7) is 3.46. The van der Waals surface area contributed by atoms with E-state index in [2.05, 4.69) is 0 Å². The lowest BCUT2D eigenvalue weighted by Crippen LogP contribution is -2.22. The fourth-order valence-electron chi connectivity index (χ4n) is 0.551. The summed E-state index contributed by atoms with van der Waals surface area (Å²) < 4.78 is 0. The van der Waals surface area contributed by atoms with Crippen molar-refractivity contribution in [2.24, 2.45) is 11.7 Å². The molecule has 0 rings (SSSR count). The highest BCUT2D eigenvalue weighted by molar-refractivity contribution is 5.98. The summed E-state index contributed by atoms with van der Waals surface area (Å²) in [6.07, 6.45) is 0.0262. The lowest BCUT2D eigenvalue weighted by atomic mass is 10.0. The maximum absolute atomic E-state index is 10.9. The molecular weight excluding hydrogens is 130 g/mol. The van der Waals surface area contributed by atoms with Crippen LogP contribution in [0.1, 0.15) is 20.3 Å². The first kappa shape index (κ1) is 9.30. The Balaban J connectivity index is 3.73. The van der Waals surface area contributed by atoms with Crippen LogP contribution in [0.15, 0.2) is 0 Å². The van der Waals surface area contributed by atoms with Crippen LogP contribution in [-0.4, -0.2) is 18.1 Å². The second-order valence-corrected chi connectivity index (χ2v) is 2.48. The molecule has 0 aliphatic heterocycles. The Morgan fingerprint density at radius 3 is 2.30 bits per heavy atom. The van der Waals surface area contributed by atoms with Crippen molar-refractivity contribution in [3.63, 3.8) is 0 Å². The summed E-state index contributed by atoms with van der Waals surface area (Å²) in [6, 6.07) is 0. The molecular formula is C7H13NO2. The summed E-state index contributed by atoms with van der Waals surface area (Å²) in [7, 11) is 0. The molecule has 0 amide bonds. The Kier molecular flexibility index (Phi) is 3.88. The smallest absolute Gasteiger partial charge is 0.144 e. The van der Waals surface area contributed by atoms with Crippen LogP contribution in [-0.2, 0) is 9.59 Å². The summed E-state index contributed by atoms with van der Waals surface area (Å²) in [4.78, 5) is 21.3. The van der Waals surface area contributed by atoms with Gasteiger partial charge in [-0.3, -0.25) is 9.59 Å². The molecule has 0 saturated carbocycles. The molecule has 0 aromatic rings. The largest absolute Gasteiger partial charge is 0.330 e. The number of carbonyl (C=O) groups excluding carboxylic acids is 2. The third-order valence-corrected chi connectivity index (χ3v) is 1.33. The van der Waals surface area contributed by atoms with E-state index in [1.165, 1.54) is 6.92 Å². The van der Waals surface area contributed by atoms with Crippen LogP contribution in [0.4, 0.5) is 0 Å². The molecule has 2 N–H and O–H groups in total. The van der Waals surface area contributed by atoms with Crippen molar-refractivity contribution < 1.29 is 9.59 Å². The number of nitrogens with two attached hydrogens (primary N) is 1. The Bertz CT molecular complexity index is 143. The molecule has 10 heavy (non-hydrogen) atoms. The zero-order valence-electron chi connectivity index (χ0n) is 6.39. The van der Waals surface area contributed by atoms with Crippen molar-refractivity contribution in [1.82, 2.24) is 0 Å². The van der Waals surface area contributed by atoms with Gasteiger partial charge in [0.2, 0.25) is 0 Å². The van der Waals surface area contributed by atoms with Crippen LogP contribution in [0.2, 0.25) is 0 Å². The molecule has 0 aromatic heterocycles. The van der Waals surface area contributed by atoms with E-state index in [1.54, 1.807) is 6.92 Å². The molecule has 0 fully saturated rings. The van der Waals surface area contributed by atoms with Crippen LogP contribution in [0.25, 0.3) is 0 Å². The molecule has 0 heterocycles. The Morgan fingerprint density at radius 2 is 2.00 bits per heavy atom. The monoisotopic (exact) mass is 143 g/mol. The Morgan fingerprint density at radius 1 is 1.50 bits per heavy atom. The molecule has 1 atom stereocenters. The summed E-state index contributed by atoms with van der Waals surface area (Å²) in [5.74, 6) is -0.329. The minimum absolute atomic E-state index is 0.0262. The van der Waals surface area contributed by atoms with Gasteiger partial charge >= 0.3 is 0 Å². The average molecular weight is 143 g/mol. The maximum Gasteiger partial charge on any atom is 0.144 e. The van der Waals surface area contributed by atoms with Gasteiger partial charge in [0.25, 0.3) is 0 Å². The van der Waals surface area contributed by atoms with E-state index >= 15 is 0 Å². The molecule has 0 spiro atoms. The predicted octanol–water partition coefficient (Wildman–Crippen LogP) is 0.129. The highest BCUT2D eigenvalue weighted by Gasteiger charge is 2.11. The zero-order valence-corrected chi connectivity index (χ0v) is 6.39. The van der Waals surface area contributed by atoms with E-state index in [1.807, 2.05) is 0 Å². The highest BCUT2D eigenvalue weighted by atomic mass is 16.1. The lowest BCUT2D eigenvalue weighted by molar-refractivity contribution is -0.127. The Hall–Kier alpha value is -0.700. The fraction of sp³-hybridized carbons (Fsp3) is 0.714. The average Bonchev–Trinajstić information content (AvgIpc) is 1.85. The molecule has 1 unspecified atom stereocenters. The van der Waals surface area contributed by atoms with Crippen LogP contribution in [0.3, 0.4) is 0 Å². The molecule has 0 aromatic carbocycles. The van der Waals surface area contributed by atoms with Gasteiger partial charge in [-0.1, -0.05) is 6.92 Å². The third-order valence-electron chi connectivity index (χ3n) is 1.33. The number of Topliss-reactive ketones (excluding diaryl/α,β-unsaturated/α-hetero) is 2. The van der Waals surface area contributed by atoms with Crippen molar-refractivity contribution in [3.8, 4) is 0 Å². The van der Waals surface area contributed by atoms with Gasteiger partial charge in [0.1, 0.15) is 11.6 Å². The van der Waals surface area contributed by atoms with Crippen molar-refractivity contribution in [1.29, 1.82) is 0 Å². The van der Waals surface area contributed by atoms with Crippen LogP contribution in [0.5, 0.6) is 0 Å². The predicted molar refractivity (Wildman–Crippen MR) is 38.5 cm³/mol. The first-order valence-corrected chi connectivity index (χ1v) is 3.30. The van der Waals surface area contributed by atoms with E-state index in [0.717, 1.165) is 0 Å². The van der Waals surface area contributed by atoms with Crippen LogP contribution < -0.4 is 5.73 Å². The molecule has 0 radical (unpaired) electrons. The van der Waals surface area contributed by atoms with Crippen LogP contribution in [0, 0.1) is 5.92 Å². The number of ketones is 2. The van der Waals surface area contributed by atoms with Gasteiger partial charge in [-0.2, -0.15) is 0 Å². The molecule has 3 nitrogen and oxygen atoms in total.